The number of nitriles is 1. The van der Waals surface area contributed by atoms with Gasteiger partial charge in [0, 0.05) is 4.87 Å². The van der Waals surface area contributed by atoms with Crippen LogP contribution < -0.4 is 0 Å². The summed E-state index contributed by atoms with van der Waals surface area (Å²) in [6.07, 6.45) is 6.93. The second-order valence-electron chi connectivity index (χ2n) is 5.50. The normalized spacial score (nSPS) is 57.8. The highest BCUT2D eigenvalue weighted by atomic mass is 35.5. The van der Waals surface area contributed by atoms with Crippen molar-refractivity contribution in [3.63, 3.8) is 0 Å². The van der Waals surface area contributed by atoms with Crippen LogP contribution in [0.1, 0.15) is 38.5 Å². The monoisotopic (exact) mass is 195 g/mol. The Morgan fingerprint density at radius 1 is 1.15 bits per heavy atom. The van der Waals surface area contributed by atoms with E-state index in [2.05, 4.69) is 6.07 Å². The van der Waals surface area contributed by atoms with Gasteiger partial charge in [-0.2, -0.15) is 5.26 Å². The maximum Gasteiger partial charge on any atom is 0.0690 e. The first-order valence-electron chi connectivity index (χ1n) is 5.23. The van der Waals surface area contributed by atoms with Gasteiger partial charge in [-0.25, -0.2) is 0 Å². The molecule has 1 nitrogen and oxygen atoms in total. The molecule has 4 rings (SSSR count). The third kappa shape index (κ3) is 1.05. The Bertz CT molecular complexity index is 277. The van der Waals surface area contributed by atoms with E-state index in [1.54, 1.807) is 0 Å². The average molecular weight is 196 g/mol. The van der Waals surface area contributed by atoms with E-state index in [9.17, 15) is 5.26 Å². The molecule has 0 aromatic heterocycles. The highest BCUT2D eigenvalue weighted by Crippen LogP contribution is 2.63. The SMILES string of the molecule is N#CC12C[C@@H]3C[C@H](CC(Cl)(C3)C1)C2. The lowest BCUT2D eigenvalue weighted by molar-refractivity contribution is -0.00537. The molecule has 2 atom stereocenters. The summed E-state index contributed by atoms with van der Waals surface area (Å²) in [6.45, 7) is 0. The lowest BCUT2D eigenvalue weighted by Crippen LogP contribution is -2.52. The summed E-state index contributed by atoms with van der Waals surface area (Å²) in [7, 11) is 0. The molecule has 0 aromatic carbocycles. The topological polar surface area (TPSA) is 23.8 Å². The van der Waals surface area contributed by atoms with Crippen molar-refractivity contribution < 1.29 is 0 Å². The molecule has 0 aromatic rings. The van der Waals surface area contributed by atoms with Gasteiger partial charge in [0.2, 0.25) is 0 Å². The fraction of sp³-hybridized carbons (Fsp3) is 0.909. The molecule has 0 radical (unpaired) electrons. The van der Waals surface area contributed by atoms with Crippen LogP contribution in [0.25, 0.3) is 0 Å². The molecule has 0 N–H and O–H groups in total. The molecule has 0 aliphatic heterocycles. The highest BCUT2D eigenvalue weighted by Gasteiger charge is 2.57. The zero-order valence-electron chi connectivity index (χ0n) is 7.72. The Labute approximate surface area is 84.1 Å². The van der Waals surface area contributed by atoms with Crippen molar-refractivity contribution >= 4 is 11.6 Å². The van der Waals surface area contributed by atoms with Crippen LogP contribution >= 0.6 is 11.6 Å². The molecular formula is C11H14ClN. The summed E-state index contributed by atoms with van der Waals surface area (Å²) in [5.41, 5.74) is -0.0220. The predicted octanol–water partition coefficient (Wildman–Crippen LogP) is 3.09. The first-order chi connectivity index (χ1) is 6.13. The van der Waals surface area contributed by atoms with Gasteiger partial charge < -0.3 is 0 Å². The van der Waals surface area contributed by atoms with Crippen LogP contribution in [-0.2, 0) is 0 Å². The van der Waals surface area contributed by atoms with Crippen molar-refractivity contribution in [1.82, 2.24) is 0 Å². The second-order valence-corrected chi connectivity index (χ2v) is 6.31. The fourth-order valence-electron chi connectivity index (χ4n) is 4.28. The Morgan fingerprint density at radius 2 is 1.77 bits per heavy atom. The minimum absolute atomic E-state index is 0.0137. The number of alkyl halides is 1. The van der Waals surface area contributed by atoms with Crippen LogP contribution in [-0.4, -0.2) is 4.87 Å². The van der Waals surface area contributed by atoms with Crippen molar-refractivity contribution in [3.05, 3.63) is 0 Å². The first kappa shape index (κ1) is 8.12. The number of halogens is 1. The van der Waals surface area contributed by atoms with Crippen molar-refractivity contribution in [1.29, 1.82) is 5.26 Å². The molecule has 0 spiro atoms. The van der Waals surface area contributed by atoms with Gasteiger partial charge in [0.25, 0.3) is 0 Å². The van der Waals surface area contributed by atoms with Gasteiger partial charge >= 0.3 is 0 Å². The van der Waals surface area contributed by atoms with Crippen LogP contribution in [0.3, 0.4) is 0 Å². The van der Waals surface area contributed by atoms with Gasteiger partial charge in [-0.3, -0.25) is 0 Å². The minimum Gasteiger partial charge on any atom is -0.198 e. The van der Waals surface area contributed by atoms with Crippen molar-refractivity contribution in [2.75, 3.05) is 0 Å². The fourth-order valence-corrected chi connectivity index (χ4v) is 4.97. The van der Waals surface area contributed by atoms with Gasteiger partial charge in [0.1, 0.15) is 0 Å². The largest absolute Gasteiger partial charge is 0.198 e. The quantitative estimate of drug-likeness (QED) is 0.545. The summed E-state index contributed by atoms with van der Waals surface area (Å²) in [6, 6.07) is 2.55. The molecule has 4 aliphatic rings. The lowest BCUT2D eigenvalue weighted by atomic mass is 9.50. The number of rotatable bonds is 0. The Hall–Kier alpha value is -0.220. The van der Waals surface area contributed by atoms with E-state index in [0.717, 1.165) is 31.1 Å². The van der Waals surface area contributed by atoms with Crippen molar-refractivity contribution in [2.45, 2.75) is 43.4 Å². The molecule has 2 heteroatoms. The molecule has 0 heterocycles. The van der Waals surface area contributed by atoms with E-state index in [0.29, 0.717) is 0 Å². The third-order valence-corrected chi connectivity index (χ3v) is 4.67. The lowest BCUT2D eigenvalue weighted by Gasteiger charge is -2.57. The minimum atomic E-state index is -0.0220. The maximum atomic E-state index is 9.24. The number of nitrogens with zero attached hydrogens (tertiary/aromatic N) is 1. The zero-order chi connectivity index (χ0) is 9.10. The van der Waals surface area contributed by atoms with E-state index in [1.807, 2.05) is 0 Å². The van der Waals surface area contributed by atoms with Crippen LogP contribution in [0.5, 0.6) is 0 Å². The summed E-state index contributed by atoms with van der Waals surface area (Å²) in [5.74, 6) is 1.52. The zero-order valence-corrected chi connectivity index (χ0v) is 8.48. The molecule has 0 unspecified atom stereocenters. The molecular weight excluding hydrogens is 182 g/mol. The Kier molecular flexibility index (Phi) is 1.39. The molecule has 4 fully saturated rings. The van der Waals surface area contributed by atoms with Crippen LogP contribution in [0.15, 0.2) is 0 Å². The summed E-state index contributed by atoms with van der Waals surface area (Å²) < 4.78 is 0. The Morgan fingerprint density at radius 3 is 2.23 bits per heavy atom. The second kappa shape index (κ2) is 2.23. The maximum absolute atomic E-state index is 9.24. The third-order valence-electron chi connectivity index (χ3n) is 4.23. The van der Waals surface area contributed by atoms with Crippen molar-refractivity contribution in [3.8, 4) is 6.07 Å². The molecule has 4 aliphatic carbocycles. The van der Waals surface area contributed by atoms with Gasteiger partial charge in [0.05, 0.1) is 11.5 Å². The number of hydrogen-bond donors (Lipinski definition) is 0. The predicted molar refractivity (Wildman–Crippen MR) is 51.3 cm³/mol. The van der Waals surface area contributed by atoms with Crippen LogP contribution in [0.4, 0.5) is 0 Å². The van der Waals surface area contributed by atoms with E-state index >= 15 is 0 Å². The van der Waals surface area contributed by atoms with Crippen LogP contribution in [0, 0.1) is 28.6 Å². The van der Waals surface area contributed by atoms with Gasteiger partial charge in [-0.15, -0.1) is 11.6 Å². The molecule has 4 saturated carbocycles. The first-order valence-corrected chi connectivity index (χ1v) is 5.61. The molecule has 0 amide bonds. The summed E-state index contributed by atoms with van der Waals surface area (Å²) >= 11 is 6.55. The van der Waals surface area contributed by atoms with Crippen molar-refractivity contribution in [2.24, 2.45) is 17.3 Å². The van der Waals surface area contributed by atoms with E-state index in [-0.39, 0.29) is 10.3 Å². The number of hydrogen-bond acceptors (Lipinski definition) is 1. The van der Waals surface area contributed by atoms with Gasteiger partial charge in [0.15, 0.2) is 0 Å². The summed E-state index contributed by atoms with van der Waals surface area (Å²) in [4.78, 5) is 0.0137. The van der Waals surface area contributed by atoms with E-state index < -0.39 is 0 Å². The van der Waals surface area contributed by atoms with Gasteiger partial charge in [-0.1, -0.05) is 0 Å². The van der Waals surface area contributed by atoms with E-state index in [1.165, 1.54) is 19.3 Å². The van der Waals surface area contributed by atoms with Gasteiger partial charge in [-0.05, 0) is 50.4 Å². The molecule has 13 heavy (non-hydrogen) atoms. The molecule has 70 valence electrons. The summed E-state index contributed by atoms with van der Waals surface area (Å²) in [5, 5.41) is 9.24. The standard InChI is InChI=1S/C11H14ClN/c12-11-4-8-1-9(5-11)3-10(2-8,6-11)7-13/h8-9H,1-6H2/t8-,9-,10?,11?/m0/s1. The Balaban J connectivity index is 2.01. The molecule has 4 bridgehead atoms. The smallest absolute Gasteiger partial charge is 0.0690 e. The van der Waals surface area contributed by atoms with E-state index in [4.69, 9.17) is 11.6 Å². The van der Waals surface area contributed by atoms with Crippen LogP contribution in [0.2, 0.25) is 0 Å². The highest BCUT2D eigenvalue weighted by molar-refractivity contribution is 6.24. The average Bonchev–Trinajstić information content (AvgIpc) is 1.99. The molecule has 0 saturated heterocycles.